The molecule has 1 aliphatic rings. The van der Waals surface area contributed by atoms with Crippen LogP contribution >= 0.6 is 11.6 Å². The van der Waals surface area contributed by atoms with E-state index in [9.17, 15) is 5.11 Å². The maximum Gasteiger partial charge on any atom is 0.223 e. The smallest absolute Gasteiger partial charge is 0.223 e. The first kappa shape index (κ1) is 17.9. The number of rotatable bonds is 4. The van der Waals surface area contributed by atoms with E-state index in [0.29, 0.717) is 27.8 Å². The van der Waals surface area contributed by atoms with Gasteiger partial charge in [-0.3, -0.25) is 0 Å². The summed E-state index contributed by atoms with van der Waals surface area (Å²) < 4.78 is 0. The van der Waals surface area contributed by atoms with Gasteiger partial charge in [0.25, 0.3) is 0 Å². The molecule has 1 aromatic carbocycles. The van der Waals surface area contributed by atoms with Crippen LogP contribution in [0.2, 0.25) is 5.02 Å². The zero-order valence-electron chi connectivity index (χ0n) is 15.0. The van der Waals surface area contributed by atoms with Gasteiger partial charge < -0.3 is 15.7 Å². The number of aromatic nitrogens is 4. The van der Waals surface area contributed by atoms with Gasteiger partial charge in [-0.2, -0.15) is 0 Å². The molecule has 3 N–H and O–H groups in total. The molecule has 1 fully saturated rings. The summed E-state index contributed by atoms with van der Waals surface area (Å²) in [5, 5.41) is 17.4. The van der Waals surface area contributed by atoms with Crippen molar-refractivity contribution in [2.24, 2.45) is 0 Å². The highest BCUT2D eigenvalue weighted by atomic mass is 35.5. The Labute approximate surface area is 162 Å². The number of halogens is 1. The van der Waals surface area contributed by atoms with Crippen molar-refractivity contribution in [1.29, 1.82) is 0 Å². The van der Waals surface area contributed by atoms with Crippen LogP contribution in [0.25, 0.3) is 11.0 Å². The molecule has 0 aliphatic heterocycles. The average molecular weight is 385 g/mol. The molecule has 1 aliphatic carbocycles. The van der Waals surface area contributed by atoms with E-state index in [0.717, 1.165) is 31.4 Å². The molecule has 7 nitrogen and oxygen atoms in total. The van der Waals surface area contributed by atoms with Gasteiger partial charge in [0.2, 0.25) is 5.95 Å². The van der Waals surface area contributed by atoms with Gasteiger partial charge in [0.15, 0.2) is 5.82 Å². The van der Waals surface area contributed by atoms with Gasteiger partial charge >= 0.3 is 0 Å². The summed E-state index contributed by atoms with van der Waals surface area (Å²) in [5.41, 5.74) is 1.55. The largest absolute Gasteiger partial charge is 0.390 e. The summed E-state index contributed by atoms with van der Waals surface area (Å²) in [6.07, 6.45) is 6.47. The van der Waals surface area contributed by atoms with Crippen molar-refractivity contribution >= 4 is 40.1 Å². The molecule has 3 aromatic rings. The van der Waals surface area contributed by atoms with E-state index in [4.69, 9.17) is 11.6 Å². The van der Waals surface area contributed by atoms with Gasteiger partial charge in [0.1, 0.15) is 17.4 Å². The van der Waals surface area contributed by atoms with Crippen LogP contribution in [0.5, 0.6) is 0 Å². The lowest BCUT2D eigenvalue weighted by Crippen LogP contribution is -2.36. The Bertz CT molecular complexity index is 954. The molecule has 0 atom stereocenters. The lowest BCUT2D eigenvalue weighted by atomic mass is 9.84. The number of benzene rings is 1. The number of nitrogens with one attached hydrogen (secondary N) is 2. The van der Waals surface area contributed by atoms with Gasteiger partial charge in [0, 0.05) is 16.8 Å². The van der Waals surface area contributed by atoms with Crippen molar-refractivity contribution in [2.75, 3.05) is 10.6 Å². The highest BCUT2D eigenvalue weighted by Crippen LogP contribution is 2.29. The third kappa shape index (κ3) is 4.26. The summed E-state index contributed by atoms with van der Waals surface area (Å²) >= 11 is 6.06. The first-order valence-corrected chi connectivity index (χ1v) is 9.36. The third-order valence-electron chi connectivity index (χ3n) is 4.86. The van der Waals surface area contributed by atoms with Crippen LogP contribution in [-0.4, -0.2) is 36.7 Å². The summed E-state index contributed by atoms with van der Waals surface area (Å²) in [5.74, 6) is 1.14. The first-order chi connectivity index (χ1) is 13.0. The molecule has 2 heterocycles. The zero-order chi connectivity index (χ0) is 18.9. The lowest BCUT2D eigenvalue weighted by molar-refractivity contribution is 0.0196. The van der Waals surface area contributed by atoms with Crippen molar-refractivity contribution < 1.29 is 5.11 Å². The summed E-state index contributed by atoms with van der Waals surface area (Å²) in [6, 6.07) is 7.67. The predicted molar refractivity (Wildman–Crippen MR) is 106 cm³/mol. The average Bonchev–Trinajstić information content (AvgIpc) is 2.64. The minimum Gasteiger partial charge on any atom is -0.390 e. The third-order valence-corrected chi connectivity index (χ3v) is 5.10. The molecule has 140 valence electrons. The fraction of sp³-hybridized carbons (Fsp3) is 0.368. The number of anilines is 3. The Morgan fingerprint density at radius 2 is 2.00 bits per heavy atom. The lowest BCUT2D eigenvalue weighted by Gasteiger charge is -2.33. The molecule has 0 saturated heterocycles. The predicted octanol–water partition coefficient (Wildman–Crippen LogP) is 3.92. The Morgan fingerprint density at radius 3 is 2.78 bits per heavy atom. The Balaban J connectivity index is 1.57. The van der Waals surface area contributed by atoms with Crippen molar-refractivity contribution in [1.82, 2.24) is 19.9 Å². The number of fused-ring (bicyclic) bond motifs is 1. The summed E-state index contributed by atoms with van der Waals surface area (Å²) in [6.45, 7) is 1.89. The molecule has 4 rings (SSSR count). The van der Waals surface area contributed by atoms with Gasteiger partial charge in [-0.25, -0.2) is 19.9 Å². The number of hydrogen-bond acceptors (Lipinski definition) is 7. The summed E-state index contributed by atoms with van der Waals surface area (Å²) in [7, 11) is 0. The maximum absolute atomic E-state index is 10.1. The van der Waals surface area contributed by atoms with E-state index in [1.54, 1.807) is 6.20 Å². The molecule has 0 radical (unpaired) electrons. The molecule has 27 heavy (non-hydrogen) atoms. The van der Waals surface area contributed by atoms with Crippen LogP contribution in [0, 0.1) is 0 Å². The standard InChI is InChI=1S/C19H21ClN6O/c1-19(27)7-5-13(6-8-19)25-18-21-10-15-16(26-18)17(23-11-22-15)24-14-4-2-3-12(20)9-14/h2-4,9-11,13,27H,5-8H2,1H3,(H,21,25,26)(H,22,23,24). The Kier molecular flexibility index (Phi) is 4.80. The molecule has 0 amide bonds. The molecule has 0 bridgehead atoms. The molecule has 0 spiro atoms. The van der Waals surface area contributed by atoms with E-state index < -0.39 is 5.60 Å². The molecule has 1 saturated carbocycles. The Hall–Kier alpha value is -2.51. The molecular formula is C19H21ClN6O. The second-order valence-corrected chi connectivity index (χ2v) is 7.64. The number of aliphatic hydroxyl groups is 1. The van der Waals surface area contributed by atoms with Gasteiger partial charge in [0.05, 0.1) is 11.8 Å². The molecule has 0 unspecified atom stereocenters. The van der Waals surface area contributed by atoms with E-state index in [1.807, 2.05) is 31.2 Å². The van der Waals surface area contributed by atoms with Crippen molar-refractivity contribution in [3.05, 3.63) is 41.8 Å². The summed E-state index contributed by atoms with van der Waals surface area (Å²) in [4.78, 5) is 17.6. The fourth-order valence-electron chi connectivity index (χ4n) is 3.28. The molecule has 2 aromatic heterocycles. The normalized spacial score (nSPS) is 22.6. The highest BCUT2D eigenvalue weighted by Gasteiger charge is 2.28. The highest BCUT2D eigenvalue weighted by molar-refractivity contribution is 6.30. The van der Waals surface area contributed by atoms with Gasteiger partial charge in [-0.15, -0.1) is 0 Å². The number of hydrogen-bond donors (Lipinski definition) is 3. The monoisotopic (exact) mass is 384 g/mol. The zero-order valence-corrected chi connectivity index (χ0v) is 15.7. The van der Waals surface area contributed by atoms with E-state index in [1.165, 1.54) is 6.33 Å². The first-order valence-electron chi connectivity index (χ1n) is 8.98. The topological polar surface area (TPSA) is 95.9 Å². The van der Waals surface area contributed by atoms with E-state index in [-0.39, 0.29) is 6.04 Å². The number of nitrogens with zero attached hydrogens (tertiary/aromatic N) is 4. The fourth-order valence-corrected chi connectivity index (χ4v) is 3.48. The van der Waals surface area contributed by atoms with Crippen LogP contribution in [0.3, 0.4) is 0 Å². The van der Waals surface area contributed by atoms with Crippen molar-refractivity contribution in [3.63, 3.8) is 0 Å². The molecule has 8 heteroatoms. The Morgan fingerprint density at radius 1 is 1.19 bits per heavy atom. The molecular weight excluding hydrogens is 364 g/mol. The minimum atomic E-state index is -0.565. The van der Waals surface area contributed by atoms with Gasteiger partial charge in [-0.05, 0) is 50.8 Å². The van der Waals surface area contributed by atoms with Crippen LogP contribution in [-0.2, 0) is 0 Å². The maximum atomic E-state index is 10.1. The van der Waals surface area contributed by atoms with Crippen LogP contribution in [0.4, 0.5) is 17.5 Å². The van der Waals surface area contributed by atoms with Crippen LogP contribution < -0.4 is 10.6 Å². The van der Waals surface area contributed by atoms with Crippen LogP contribution in [0.15, 0.2) is 36.8 Å². The second kappa shape index (κ2) is 7.25. The van der Waals surface area contributed by atoms with E-state index in [2.05, 4.69) is 30.6 Å². The minimum absolute atomic E-state index is 0.247. The van der Waals surface area contributed by atoms with Crippen molar-refractivity contribution in [2.45, 2.75) is 44.2 Å². The second-order valence-electron chi connectivity index (χ2n) is 7.20. The van der Waals surface area contributed by atoms with Gasteiger partial charge in [-0.1, -0.05) is 17.7 Å². The van der Waals surface area contributed by atoms with Crippen LogP contribution in [0.1, 0.15) is 32.6 Å². The van der Waals surface area contributed by atoms with Crippen molar-refractivity contribution in [3.8, 4) is 0 Å². The SMILES string of the molecule is CC1(O)CCC(Nc2ncc3ncnc(Nc4cccc(Cl)c4)c3n2)CC1. The van der Waals surface area contributed by atoms with E-state index >= 15 is 0 Å². The quantitative estimate of drug-likeness (QED) is 0.627.